The Bertz CT molecular complexity index is 735. The van der Waals surface area contributed by atoms with Gasteiger partial charge in [-0.3, -0.25) is 9.59 Å². The van der Waals surface area contributed by atoms with Gasteiger partial charge < -0.3 is 15.1 Å². The molecule has 2 rings (SSSR count). The zero-order chi connectivity index (χ0) is 17.9. The van der Waals surface area contributed by atoms with E-state index in [-0.39, 0.29) is 24.4 Å². The fourth-order valence-corrected chi connectivity index (χ4v) is 2.21. The molecule has 7 nitrogen and oxygen atoms in total. The second-order valence-corrected chi connectivity index (χ2v) is 5.92. The van der Waals surface area contributed by atoms with E-state index >= 15 is 0 Å². The highest BCUT2D eigenvalue weighted by molar-refractivity contribution is 5.94. The molecule has 24 heavy (non-hydrogen) atoms. The number of hydrogen-bond donors (Lipinski definition) is 2. The quantitative estimate of drug-likeness (QED) is 0.846. The molecule has 7 heteroatoms. The molecule has 0 unspecified atom stereocenters. The maximum Gasteiger partial charge on any atom is 0.305 e. The maximum atomic E-state index is 12.3. The number of benzene rings is 1. The van der Waals surface area contributed by atoms with E-state index in [1.165, 1.54) is 28.4 Å². The first-order chi connectivity index (χ1) is 11.3. The van der Waals surface area contributed by atoms with Crippen molar-refractivity contribution in [3.8, 4) is 11.4 Å². The van der Waals surface area contributed by atoms with Gasteiger partial charge in [-0.2, -0.15) is 5.10 Å². The van der Waals surface area contributed by atoms with Crippen LogP contribution in [0, 0.1) is 0 Å². The number of nitrogens with zero attached hydrogens (tertiary/aromatic N) is 3. The molecule has 0 spiro atoms. The molecule has 0 fully saturated rings. The van der Waals surface area contributed by atoms with Gasteiger partial charge >= 0.3 is 5.97 Å². The number of carboxylic acid groups (broad SMARTS) is 1. The monoisotopic (exact) mass is 331 g/mol. The fraction of sp³-hybridized carbons (Fsp3) is 0.353. The van der Waals surface area contributed by atoms with Crippen LogP contribution in [0.25, 0.3) is 5.69 Å². The van der Waals surface area contributed by atoms with E-state index in [4.69, 9.17) is 5.11 Å². The first kappa shape index (κ1) is 17.5. The summed E-state index contributed by atoms with van der Waals surface area (Å²) in [5.41, 5.74) is 1.80. The molecule has 1 amide bonds. The third-order valence-electron chi connectivity index (χ3n) is 3.73. The molecular formula is C17H21N3O4. The number of hydrogen-bond acceptors (Lipinski definition) is 4. The highest BCUT2D eigenvalue weighted by Gasteiger charge is 2.21. The Morgan fingerprint density at radius 2 is 1.88 bits per heavy atom. The molecule has 0 aliphatic heterocycles. The summed E-state index contributed by atoms with van der Waals surface area (Å²) in [7, 11) is 1.47. The van der Waals surface area contributed by atoms with E-state index in [2.05, 4.69) is 18.9 Å². The Labute approximate surface area is 140 Å². The zero-order valence-corrected chi connectivity index (χ0v) is 13.9. The smallest absolute Gasteiger partial charge is 0.305 e. The summed E-state index contributed by atoms with van der Waals surface area (Å²) >= 11 is 0. The number of aromatic hydroxyl groups is 1. The Balaban J connectivity index is 2.20. The Kier molecular flexibility index (Phi) is 5.23. The van der Waals surface area contributed by atoms with Gasteiger partial charge in [0.25, 0.3) is 5.91 Å². The van der Waals surface area contributed by atoms with Crippen molar-refractivity contribution in [2.75, 3.05) is 13.6 Å². The molecule has 2 aromatic rings. The Hall–Kier alpha value is -2.83. The van der Waals surface area contributed by atoms with E-state index in [1.807, 2.05) is 24.3 Å². The number of carbonyl (C=O) groups excluding carboxylic acids is 1. The van der Waals surface area contributed by atoms with Gasteiger partial charge in [-0.1, -0.05) is 26.0 Å². The minimum atomic E-state index is -0.991. The van der Waals surface area contributed by atoms with Crippen LogP contribution in [0.2, 0.25) is 0 Å². The van der Waals surface area contributed by atoms with Crippen molar-refractivity contribution in [3.05, 3.63) is 41.7 Å². The second kappa shape index (κ2) is 7.16. The number of amides is 1. The summed E-state index contributed by atoms with van der Waals surface area (Å²) in [4.78, 5) is 24.1. The predicted octanol–water partition coefficient (Wildman–Crippen LogP) is 2.25. The SMILES string of the molecule is CC(C)c1ccc(-n2cc(O)c(C(=O)N(C)CCC(=O)O)n2)cc1. The lowest BCUT2D eigenvalue weighted by molar-refractivity contribution is -0.137. The van der Waals surface area contributed by atoms with Gasteiger partial charge in [0.2, 0.25) is 0 Å². The molecule has 0 aliphatic rings. The normalized spacial score (nSPS) is 10.8. The van der Waals surface area contributed by atoms with E-state index in [0.29, 0.717) is 5.92 Å². The molecule has 1 aromatic carbocycles. The number of carboxylic acids is 1. The highest BCUT2D eigenvalue weighted by atomic mass is 16.4. The van der Waals surface area contributed by atoms with Gasteiger partial charge in [-0.15, -0.1) is 0 Å². The largest absolute Gasteiger partial charge is 0.504 e. The van der Waals surface area contributed by atoms with Crippen LogP contribution in [0.1, 0.15) is 42.2 Å². The lowest BCUT2D eigenvalue weighted by Crippen LogP contribution is -2.29. The van der Waals surface area contributed by atoms with E-state index in [1.54, 1.807) is 0 Å². The predicted molar refractivity (Wildman–Crippen MR) is 88.5 cm³/mol. The number of aliphatic carboxylic acids is 1. The summed E-state index contributed by atoms with van der Waals surface area (Å²) in [5.74, 6) is -1.35. The number of aromatic nitrogens is 2. The van der Waals surface area contributed by atoms with Crippen LogP contribution < -0.4 is 0 Å². The minimum Gasteiger partial charge on any atom is -0.504 e. The average molecular weight is 331 g/mol. The van der Waals surface area contributed by atoms with Crippen LogP contribution >= 0.6 is 0 Å². The second-order valence-electron chi connectivity index (χ2n) is 5.92. The van der Waals surface area contributed by atoms with Gasteiger partial charge in [-0.25, -0.2) is 4.68 Å². The molecule has 0 aliphatic carbocycles. The summed E-state index contributed by atoms with van der Waals surface area (Å²) < 4.78 is 1.43. The van der Waals surface area contributed by atoms with Crippen molar-refractivity contribution in [1.29, 1.82) is 0 Å². The lowest BCUT2D eigenvalue weighted by Gasteiger charge is -2.14. The van der Waals surface area contributed by atoms with Gasteiger partial charge in [0.1, 0.15) is 0 Å². The molecule has 128 valence electrons. The Morgan fingerprint density at radius 3 is 2.42 bits per heavy atom. The molecule has 0 radical (unpaired) electrons. The molecule has 1 heterocycles. The van der Waals surface area contributed by atoms with Gasteiger partial charge in [0, 0.05) is 13.6 Å². The first-order valence-electron chi connectivity index (χ1n) is 7.65. The third kappa shape index (κ3) is 3.92. The lowest BCUT2D eigenvalue weighted by atomic mass is 10.0. The van der Waals surface area contributed by atoms with Crippen LogP contribution in [0.5, 0.6) is 5.75 Å². The van der Waals surface area contributed by atoms with Crippen LogP contribution in [-0.2, 0) is 4.79 Å². The third-order valence-corrected chi connectivity index (χ3v) is 3.73. The molecule has 0 atom stereocenters. The van der Waals surface area contributed by atoms with Gasteiger partial charge in [0.05, 0.1) is 18.3 Å². The topological polar surface area (TPSA) is 95.7 Å². The van der Waals surface area contributed by atoms with Crippen LogP contribution in [0.3, 0.4) is 0 Å². The van der Waals surface area contributed by atoms with E-state index in [9.17, 15) is 14.7 Å². The molecule has 1 aromatic heterocycles. The van der Waals surface area contributed by atoms with Crippen molar-refractivity contribution >= 4 is 11.9 Å². The van der Waals surface area contributed by atoms with Crippen LogP contribution in [0.4, 0.5) is 0 Å². The van der Waals surface area contributed by atoms with Gasteiger partial charge in [0.15, 0.2) is 11.4 Å². The van der Waals surface area contributed by atoms with Crippen molar-refractivity contribution in [2.24, 2.45) is 0 Å². The molecule has 0 saturated heterocycles. The Morgan fingerprint density at radius 1 is 1.25 bits per heavy atom. The van der Waals surface area contributed by atoms with Crippen LogP contribution in [-0.4, -0.2) is 50.4 Å². The van der Waals surface area contributed by atoms with Crippen LogP contribution in [0.15, 0.2) is 30.5 Å². The first-order valence-corrected chi connectivity index (χ1v) is 7.65. The molecular weight excluding hydrogens is 310 g/mol. The van der Waals surface area contributed by atoms with Gasteiger partial charge in [-0.05, 0) is 23.6 Å². The van der Waals surface area contributed by atoms with Crippen molar-refractivity contribution in [1.82, 2.24) is 14.7 Å². The average Bonchev–Trinajstić information content (AvgIpc) is 2.93. The van der Waals surface area contributed by atoms with Crippen molar-refractivity contribution < 1.29 is 19.8 Å². The number of carbonyl (C=O) groups is 2. The summed E-state index contributed by atoms with van der Waals surface area (Å²) in [6.07, 6.45) is 1.20. The highest BCUT2D eigenvalue weighted by Crippen LogP contribution is 2.21. The molecule has 0 bridgehead atoms. The minimum absolute atomic E-state index is 0.0452. The summed E-state index contributed by atoms with van der Waals surface area (Å²) in [6.45, 7) is 4.24. The van der Waals surface area contributed by atoms with E-state index in [0.717, 1.165) is 5.69 Å². The molecule has 0 saturated carbocycles. The standard InChI is InChI=1S/C17H21N3O4/c1-11(2)12-4-6-13(7-5-12)20-10-14(21)16(18-20)17(24)19(3)9-8-15(22)23/h4-7,10-11,21H,8-9H2,1-3H3,(H,22,23). The molecule has 2 N–H and O–H groups in total. The van der Waals surface area contributed by atoms with Crippen molar-refractivity contribution in [2.45, 2.75) is 26.2 Å². The summed E-state index contributed by atoms with van der Waals surface area (Å²) in [5, 5.41) is 22.8. The van der Waals surface area contributed by atoms with E-state index < -0.39 is 11.9 Å². The van der Waals surface area contributed by atoms with Crippen molar-refractivity contribution in [3.63, 3.8) is 0 Å². The fourth-order valence-electron chi connectivity index (χ4n) is 2.21. The maximum absolute atomic E-state index is 12.3. The summed E-state index contributed by atoms with van der Waals surface area (Å²) in [6, 6.07) is 7.67. The number of rotatable bonds is 6. The zero-order valence-electron chi connectivity index (χ0n) is 13.9.